The fourth-order valence-corrected chi connectivity index (χ4v) is 1.67. The predicted molar refractivity (Wildman–Crippen MR) is 83.9 cm³/mol. The van der Waals surface area contributed by atoms with E-state index in [0.717, 1.165) is 4.90 Å². The van der Waals surface area contributed by atoms with Gasteiger partial charge >= 0.3 is 12.1 Å². The van der Waals surface area contributed by atoms with Crippen LogP contribution in [0.3, 0.4) is 0 Å². The fraction of sp³-hybridized carbons (Fsp3) is 0.500. The Balaban J connectivity index is 3.12. The lowest BCUT2D eigenvalue weighted by atomic mass is 10.2. The van der Waals surface area contributed by atoms with Gasteiger partial charge in [-0.25, -0.2) is 14.7 Å². The van der Waals surface area contributed by atoms with Crippen molar-refractivity contribution in [1.29, 1.82) is 0 Å². The van der Waals surface area contributed by atoms with Gasteiger partial charge in [-0.1, -0.05) is 11.6 Å². The smallest absolute Gasteiger partial charge is 0.416 e. The molecule has 2 N–H and O–H groups in total. The number of carbonyl (C=O) groups is 2. The summed E-state index contributed by atoms with van der Waals surface area (Å²) >= 11 is 5.83. The molecule has 1 amide bonds. The molecule has 0 fully saturated rings. The number of ether oxygens (including phenoxy) is 2. The molecule has 7 nitrogen and oxygen atoms in total. The first-order chi connectivity index (χ1) is 10.1. The molecular weight excluding hydrogens is 310 g/mol. The summed E-state index contributed by atoms with van der Waals surface area (Å²) in [5.74, 6) is -0.552. The molecule has 1 rings (SSSR count). The molecule has 0 radical (unpaired) electrons. The molecule has 1 heterocycles. The Bertz CT molecular complexity index is 558. The molecule has 22 heavy (non-hydrogen) atoms. The Morgan fingerprint density at radius 1 is 1.36 bits per heavy atom. The summed E-state index contributed by atoms with van der Waals surface area (Å²) in [4.78, 5) is 29.0. The van der Waals surface area contributed by atoms with E-state index in [1.165, 1.54) is 12.1 Å². The Morgan fingerprint density at radius 3 is 2.55 bits per heavy atom. The van der Waals surface area contributed by atoms with Crippen LogP contribution in [0.15, 0.2) is 12.1 Å². The maximum absolute atomic E-state index is 12.3. The third kappa shape index (κ3) is 5.40. The number of carbonyl (C=O) groups excluding carboxylic acids is 2. The SMILES string of the molecule is CCOC(=O)CN(C(=O)OC(C)(C)C)c1nc(Cl)ccc1N. The standard InChI is InChI=1S/C14H20ClN3O4/c1-5-21-11(19)8-18(13(20)22-14(2,3)4)12-9(16)6-7-10(15)17-12/h6-7H,5,8,16H2,1-4H3. The summed E-state index contributed by atoms with van der Waals surface area (Å²) in [5, 5.41) is 0.140. The van der Waals surface area contributed by atoms with Gasteiger partial charge in [0.25, 0.3) is 0 Å². The van der Waals surface area contributed by atoms with Crippen LogP contribution in [0.5, 0.6) is 0 Å². The zero-order valence-corrected chi connectivity index (χ0v) is 13.8. The molecule has 0 aliphatic heterocycles. The summed E-state index contributed by atoms with van der Waals surface area (Å²) in [6, 6.07) is 2.98. The lowest BCUT2D eigenvalue weighted by Gasteiger charge is -2.26. The Morgan fingerprint density at radius 2 is 2.00 bits per heavy atom. The molecule has 0 aliphatic carbocycles. The number of amides is 1. The molecule has 0 unspecified atom stereocenters. The highest BCUT2D eigenvalue weighted by molar-refractivity contribution is 6.29. The van der Waals surface area contributed by atoms with Crippen molar-refractivity contribution in [3.63, 3.8) is 0 Å². The molecule has 0 atom stereocenters. The number of nitrogen functional groups attached to an aromatic ring is 1. The van der Waals surface area contributed by atoms with Crippen molar-refractivity contribution in [3.05, 3.63) is 17.3 Å². The molecule has 0 saturated heterocycles. The van der Waals surface area contributed by atoms with Crippen LogP contribution in [0.25, 0.3) is 0 Å². The molecule has 0 aromatic carbocycles. The van der Waals surface area contributed by atoms with Crippen LogP contribution < -0.4 is 10.6 Å². The number of hydrogen-bond donors (Lipinski definition) is 1. The first-order valence-electron chi connectivity index (χ1n) is 6.72. The van der Waals surface area contributed by atoms with E-state index in [4.69, 9.17) is 26.8 Å². The first-order valence-corrected chi connectivity index (χ1v) is 7.10. The van der Waals surface area contributed by atoms with E-state index in [1.807, 2.05) is 0 Å². The summed E-state index contributed by atoms with van der Waals surface area (Å²) in [7, 11) is 0. The summed E-state index contributed by atoms with van der Waals surface area (Å²) < 4.78 is 10.1. The minimum atomic E-state index is -0.762. The highest BCUT2D eigenvalue weighted by atomic mass is 35.5. The average Bonchev–Trinajstić information content (AvgIpc) is 2.37. The highest BCUT2D eigenvalue weighted by Crippen LogP contribution is 2.24. The monoisotopic (exact) mass is 329 g/mol. The summed E-state index contributed by atoms with van der Waals surface area (Å²) in [5.41, 5.74) is 5.27. The second-order valence-corrected chi connectivity index (χ2v) is 5.81. The fourth-order valence-electron chi connectivity index (χ4n) is 1.53. The van der Waals surface area contributed by atoms with Crippen molar-refractivity contribution in [2.75, 3.05) is 23.8 Å². The van der Waals surface area contributed by atoms with Crippen LogP contribution >= 0.6 is 11.6 Å². The van der Waals surface area contributed by atoms with Gasteiger partial charge in [0.05, 0.1) is 12.3 Å². The Hall–Kier alpha value is -2.02. The van der Waals surface area contributed by atoms with Crippen LogP contribution in [0.1, 0.15) is 27.7 Å². The Labute approximate surface area is 134 Å². The van der Waals surface area contributed by atoms with Gasteiger partial charge in [0.2, 0.25) is 0 Å². The average molecular weight is 330 g/mol. The lowest BCUT2D eigenvalue weighted by molar-refractivity contribution is -0.141. The molecule has 1 aromatic heterocycles. The summed E-state index contributed by atoms with van der Waals surface area (Å²) in [6.07, 6.45) is -0.762. The number of hydrogen-bond acceptors (Lipinski definition) is 6. The van der Waals surface area contributed by atoms with Crippen molar-refractivity contribution < 1.29 is 19.1 Å². The zero-order chi connectivity index (χ0) is 16.9. The third-order valence-corrected chi connectivity index (χ3v) is 2.54. The second kappa shape index (κ2) is 7.31. The molecule has 0 spiro atoms. The predicted octanol–water partition coefficient (Wildman–Crippen LogP) is 2.62. The minimum Gasteiger partial charge on any atom is -0.465 e. The van der Waals surface area contributed by atoms with Crippen molar-refractivity contribution in [3.8, 4) is 0 Å². The minimum absolute atomic E-state index is 0.0507. The van der Waals surface area contributed by atoms with Crippen molar-refractivity contribution >= 4 is 35.2 Å². The van der Waals surface area contributed by atoms with E-state index in [9.17, 15) is 9.59 Å². The van der Waals surface area contributed by atoms with E-state index < -0.39 is 17.7 Å². The van der Waals surface area contributed by atoms with Gasteiger partial charge in [-0.05, 0) is 39.8 Å². The number of rotatable bonds is 4. The largest absolute Gasteiger partial charge is 0.465 e. The van der Waals surface area contributed by atoms with Gasteiger partial charge < -0.3 is 15.2 Å². The van der Waals surface area contributed by atoms with Gasteiger partial charge in [-0.2, -0.15) is 0 Å². The lowest BCUT2D eigenvalue weighted by Crippen LogP contribution is -2.41. The van der Waals surface area contributed by atoms with Gasteiger partial charge in [0.15, 0.2) is 5.82 Å². The number of halogens is 1. The van der Waals surface area contributed by atoms with Crippen LogP contribution in [0.4, 0.5) is 16.3 Å². The molecule has 1 aromatic rings. The normalized spacial score (nSPS) is 11.0. The van der Waals surface area contributed by atoms with E-state index >= 15 is 0 Å². The Kier molecular flexibility index (Phi) is 5.99. The third-order valence-electron chi connectivity index (χ3n) is 2.33. The van der Waals surface area contributed by atoms with Gasteiger partial charge in [-0.3, -0.25) is 4.79 Å². The maximum atomic E-state index is 12.3. The highest BCUT2D eigenvalue weighted by Gasteiger charge is 2.28. The van der Waals surface area contributed by atoms with Crippen LogP contribution in [0.2, 0.25) is 5.15 Å². The van der Waals surface area contributed by atoms with Crippen molar-refractivity contribution in [1.82, 2.24) is 4.98 Å². The molecule has 122 valence electrons. The number of aromatic nitrogens is 1. The van der Waals surface area contributed by atoms with E-state index in [-0.39, 0.29) is 29.8 Å². The molecule has 0 aliphatic rings. The molecular formula is C14H20ClN3O4. The maximum Gasteiger partial charge on any atom is 0.416 e. The first kappa shape index (κ1) is 18.0. The van der Waals surface area contributed by atoms with E-state index in [2.05, 4.69) is 4.98 Å². The molecule has 0 saturated carbocycles. The number of nitrogens with two attached hydrogens (primary N) is 1. The molecule has 0 bridgehead atoms. The van der Waals surface area contributed by atoms with Gasteiger partial charge in [0, 0.05) is 0 Å². The number of esters is 1. The quantitative estimate of drug-likeness (QED) is 0.674. The van der Waals surface area contributed by atoms with Gasteiger partial charge in [0.1, 0.15) is 17.3 Å². The van der Waals surface area contributed by atoms with Crippen LogP contribution in [-0.2, 0) is 14.3 Å². The second-order valence-electron chi connectivity index (χ2n) is 5.42. The van der Waals surface area contributed by atoms with E-state index in [1.54, 1.807) is 27.7 Å². The number of pyridine rings is 1. The number of nitrogens with zero attached hydrogens (tertiary/aromatic N) is 2. The van der Waals surface area contributed by atoms with Crippen molar-refractivity contribution in [2.24, 2.45) is 0 Å². The topological polar surface area (TPSA) is 94.8 Å². The number of anilines is 2. The van der Waals surface area contributed by atoms with E-state index in [0.29, 0.717) is 0 Å². The van der Waals surface area contributed by atoms with Crippen LogP contribution in [0, 0.1) is 0 Å². The zero-order valence-electron chi connectivity index (χ0n) is 13.1. The summed E-state index contributed by atoms with van der Waals surface area (Å²) in [6.45, 7) is 6.62. The van der Waals surface area contributed by atoms with Crippen LogP contribution in [-0.4, -0.2) is 35.8 Å². The van der Waals surface area contributed by atoms with Gasteiger partial charge in [-0.15, -0.1) is 0 Å². The van der Waals surface area contributed by atoms with Crippen molar-refractivity contribution in [2.45, 2.75) is 33.3 Å². The molecule has 8 heteroatoms.